The first kappa shape index (κ1) is 13.8. The van der Waals surface area contributed by atoms with Gasteiger partial charge in [-0.3, -0.25) is 0 Å². The van der Waals surface area contributed by atoms with E-state index in [1.807, 2.05) is 25.1 Å². The van der Waals surface area contributed by atoms with Gasteiger partial charge in [0, 0.05) is 23.1 Å². The van der Waals surface area contributed by atoms with E-state index in [0.29, 0.717) is 28.5 Å². The van der Waals surface area contributed by atoms with Crippen molar-refractivity contribution in [2.24, 2.45) is 0 Å². The number of hydrogen-bond acceptors (Lipinski definition) is 4. The molecular formula is C18H14FNO3. The second-order valence-electron chi connectivity index (χ2n) is 5.39. The average Bonchev–Trinajstić information content (AvgIpc) is 3.00. The lowest BCUT2D eigenvalue weighted by Gasteiger charge is -2.09. The third-order valence-corrected chi connectivity index (χ3v) is 3.96. The largest absolute Gasteiger partial charge is 0.497 e. The van der Waals surface area contributed by atoms with Crippen LogP contribution in [0.1, 0.15) is 5.56 Å². The molecule has 3 aromatic rings. The Balaban J connectivity index is 1.90. The summed E-state index contributed by atoms with van der Waals surface area (Å²) in [5, 5.41) is 0.965. The fraction of sp³-hybridized carbons (Fsp3) is 0.167. The Morgan fingerprint density at radius 2 is 1.87 bits per heavy atom. The molecule has 0 unspecified atom stereocenters. The first-order chi connectivity index (χ1) is 11.2. The van der Waals surface area contributed by atoms with E-state index in [1.54, 1.807) is 12.1 Å². The summed E-state index contributed by atoms with van der Waals surface area (Å²) in [6.45, 7) is 2.18. The Morgan fingerprint density at radius 3 is 2.61 bits per heavy atom. The topological polar surface area (TPSA) is 40.6 Å². The second-order valence-corrected chi connectivity index (χ2v) is 5.39. The van der Waals surface area contributed by atoms with Gasteiger partial charge in [-0.25, -0.2) is 9.37 Å². The van der Waals surface area contributed by atoms with Crippen LogP contribution < -0.4 is 14.2 Å². The van der Waals surface area contributed by atoms with E-state index in [2.05, 4.69) is 4.98 Å². The lowest BCUT2D eigenvalue weighted by Crippen LogP contribution is -1.93. The molecule has 5 heteroatoms. The van der Waals surface area contributed by atoms with Crippen LogP contribution in [0.2, 0.25) is 0 Å². The fourth-order valence-electron chi connectivity index (χ4n) is 2.75. The number of hydrogen-bond donors (Lipinski definition) is 0. The van der Waals surface area contributed by atoms with E-state index >= 15 is 0 Å². The number of ether oxygens (including phenoxy) is 3. The van der Waals surface area contributed by atoms with Gasteiger partial charge >= 0.3 is 0 Å². The molecule has 0 aliphatic carbocycles. The van der Waals surface area contributed by atoms with Crippen molar-refractivity contribution in [1.82, 2.24) is 4.98 Å². The van der Waals surface area contributed by atoms with E-state index in [1.165, 1.54) is 13.2 Å². The quantitative estimate of drug-likeness (QED) is 0.715. The highest BCUT2D eigenvalue weighted by atomic mass is 19.1. The van der Waals surface area contributed by atoms with Gasteiger partial charge in [-0.05, 0) is 36.8 Å². The highest BCUT2D eigenvalue weighted by Crippen LogP contribution is 2.37. The van der Waals surface area contributed by atoms with E-state index in [4.69, 9.17) is 14.2 Å². The van der Waals surface area contributed by atoms with Crippen LogP contribution in [-0.4, -0.2) is 18.9 Å². The molecule has 0 spiro atoms. The monoisotopic (exact) mass is 311 g/mol. The summed E-state index contributed by atoms with van der Waals surface area (Å²) in [5.74, 6) is 1.49. The first-order valence-corrected chi connectivity index (χ1v) is 7.20. The van der Waals surface area contributed by atoms with Crippen LogP contribution in [-0.2, 0) is 0 Å². The number of pyridine rings is 1. The summed E-state index contributed by atoms with van der Waals surface area (Å²) in [4.78, 5) is 4.58. The van der Waals surface area contributed by atoms with Gasteiger partial charge in [0.15, 0.2) is 11.5 Å². The van der Waals surface area contributed by atoms with Crippen molar-refractivity contribution in [3.05, 3.63) is 47.8 Å². The Kier molecular flexibility index (Phi) is 3.08. The van der Waals surface area contributed by atoms with E-state index in [-0.39, 0.29) is 12.6 Å². The Hall–Kier alpha value is -2.82. The zero-order chi connectivity index (χ0) is 16.0. The summed E-state index contributed by atoms with van der Waals surface area (Å²) >= 11 is 0. The molecule has 0 saturated heterocycles. The third kappa shape index (κ3) is 2.25. The van der Waals surface area contributed by atoms with Gasteiger partial charge in [0.25, 0.3) is 0 Å². The van der Waals surface area contributed by atoms with Gasteiger partial charge in [-0.2, -0.15) is 0 Å². The molecule has 4 rings (SSSR count). The van der Waals surface area contributed by atoms with Crippen LogP contribution in [0, 0.1) is 12.7 Å². The van der Waals surface area contributed by atoms with E-state index in [0.717, 1.165) is 16.5 Å². The average molecular weight is 311 g/mol. The normalized spacial score (nSPS) is 12.7. The van der Waals surface area contributed by atoms with Crippen molar-refractivity contribution in [1.29, 1.82) is 0 Å². The number of aromatic nitrogens is 1. The lowest BCUT2D eigenvalue weighted by atomic mass is 10.0. The summed E-state index contributed by atoms with van der Waals surface area (Å²) in [6.07, 6.45) is 0. The van der Waals surface area contributed by atoms with Crippen molar-refractivity contribution in [2.45, 2.75) is 6.92 Å². The maximum atomic E-state index is 14.3. The van der Waals surface area contributed by atoms with Crippen LogP contribution in [0.5, 0.6) is 17.2 Å². The van der Waals surface area contributed by atoms with Crippen molar-refractivity contribution in [2.75, 3.05) is 13.9 Å². The Morgan fingerprint density at radius 1 is 1.09 bits per heavy atom. The minimum atomic E-state index is -0.364. The molecule has 1 aliphatic rings. The van der Waals surface area contributed by atoms with Gasteiger partial charge in [0.05, 0.1) is 18.3 Å². The fourth-order valence-corrected chi connectivity index (χ4v) is 2.75. The van der Waals surface area contributed by atoms with Gasteiger partial charge in [-0.1, -0.05) is 0 Å². The summed E-state index contributed by atoms with van der Waals surface area (Å²) in [5.41, 5.74) is 2.76. The minimum absolute atomic E-state index is 0.213. The van der Waals surface area contributed by atoms with Crippen LogP contribution >= 0.6 is 0 Å². The minimum Gasteiger partial charge on any atom is -0.497 e. The molecule has 0 amide bonds. The van der Waals surface area contributed by atoms with Crippen LogP contribution in [0.3, 0.4) is 0 Å². The van der Waals surface area contributed by atoms with Gasteiger partial charge in [-0.15, -0.1) is 0 Å². The molecule has 0 N–H and O–H groups in total. The first-order valence-electron chi connectivity index (χ1n) is 7.20. The van der Waals surface area contributed by atoms with E-state index < -0.39 is 0 Å². The zero-order valence-corrected chi connectivity index (χ0v) is 12.7. The second kappa shape index (κ2) is 5.12. The van der Waals surface area contributed by atoms with E-state index in [9.17, 15) is 4.39 Å². The third-order valence-electron chi connectivity index (χ3n) is 3.96. The molecule has 4 nitrogen and oxygen atoms in total. The van der Waals surface area contributed by atoms with Crippen LogP contribution in [0.4, 0.5) is 4.39 Å². The molecule has 116 valence electrons. The number of fused-ring (bicyclic) bond motifs is 2. The van der Waals surface area contributed by atoms with Crippen molar-refractivity contribution in [3.63, 3.8) is 0 Å². The van der Waals surface area contributed by atoms with Crippen molar-refractivity contribution in [3.8, 4) is 28.5 Å². The van der Waals surface area contributed by atoms with Crippen LogP contribution in [0.25, 0.3) is 22.2 Å². The summed E-state index contributed by atoms with van der Waals surface area (Å²) in [7, 11) is 1.51. The molecule has 0 bridgehead atoms. The molecule has 0 radical (unpaired) electrons. The number of nitrogens with zero attached hydrogens (tertiary/aromatic N) is 1. The summed E-state index contributed by atoms with van der Waals surface area (Å²) in [6, 6.07) is 10.4. The van der Waals surface area contributed by atoms with Gasteiger partial charge in [0.2, 0.25) is 6.79 Å². The molecule has 2 aromatic carbocycles. The molecule has 0 saturated carbocycles. The number of methoxy groups -OCH3 is 1. The molecule has 1 aromatic heterocycles. The molecule has 0 atom stereocenters. The van der Waals surface area contributed by atoms with Crippen molar-refractivity contribution < 1.29 is 18.6 Å². The molecule has 2 heterocycles. The smallest absolute Gasteiger partial charge is 0.231 e. The zero-order valence-electron chi connectivity index (χ0n) is 12.7. The van der Waals surface area contributed by atoms with Crippen LogP contribution in [0.15, 0.2) is 36.4 Å². The predicted molar refractivity (Wildman–Crippen MR) is 84.5 cm³/mol. The molecular weight excluding hydrogens is 297 g/mol. The Labute approximate surface area is 132 Å². The number of aryl methyl sites for hydroxylation is 1. The highest BCUT2D eigenvalue weighted by Gasteiger charge is 2.17. The highest BCUT2D eigenvalue weighted by molar-refractivity contribution is 5.88. The maximum absolute atomic E-state index is 14.3. The maximum Gasteiger partial charge on any atom is 0.231 e. The van der Waals surface area contributed by atoms with Gasteiger partial charge in [0.1, 0.15) is 11.6 Å². The number of rotatable bonds is 2. The van der Waals surface area contributed by atoms with Gasteiger partial charge < -0.3 is 14.2 Å². The molecule has 23 heavy (non-hydrogen) atoms. The Bertz CT molecular complexity index is 924. The SMILES string of the molecule is COc1ccc(-c2cc(C)c3cc4c(cc3n2)OCO4)c(F)c1. The van der Waals surface area contributed by atoms with Crippen molar-refractivity contribution >= 4 is 10.9 Å². The number of halogens is 1. The molecule has 0 fully saturated rings. The predicted octanol–water partition coefficient (Wildman–Crippen LogP) is 4.09. The molecule has 1 aliphatic heterocycles. The summed E-state index contributed by atoms with van der Waals surface area (Å²) < 4.78 is 30.1. The standard InChI is InChI=1S/C18H14FNO3/c1-10-5-15(12-4-3-11(21-2)6-14(12)19)20-16-8-18-17(7-13(10)16)22-9-23-18/h3-8H,9H2,1-2H3. The number of benzene rings is 2. The lowest BCUT2D eigenvalue weighted by molar-refractivity contribution is 0.174.